The summed E-state index contributed by atoms with van der Waals surface area (Å²) in [5.41, 5.74) is 5.16. The fraction of sp³-hybridized carbons (Fsp3) is 1.00. The average molecular weight is 159 g/mol. The van der Waals surface area contributed by atoms with Gasteiger partial charge in [-0.05, 0) is 19.3 Å². The lowest BCUT2D eigenvalue weighted by Gasteiger charge is -2.45. The molecule has 1 aliphatic heterocycles. The first-order valence-corrected chi connectivity index (χ1v) is 4.25. The van der Waals surface area contributed by atoms with E-state index in [4.69, 9.17) is 10.5 Å². The van der Waals surface area contributed by atoms with Crippen LogP contribution in [0, 0.1) is 5.41 Å². The minimum absolute atomic E-state index is 0.0208. The van der Waals surface area contributed by atoms with E-state index in [1.54, 1.807) is 0 Å². The van der Waals surface area contributed by atoms with Gasteiger partial charge in [-0.25, -0.2) is 4.39 Å². The van der Waals surface area contributed by atoms with E-state index in [2.05, 4.69) is 0 Å². The van der Waals surface area contributed by atoms with Gasteiger partial charge in [0.1, 0.15) is 0 Å². The van der Waals surface area contributed by atoms with Crippen LogP contribution in [0.2, 0.25) is 0 Å². The summed E-state index contributed by atoms with van der Waals surface area (Å²) in [5.74, 6) is -1.49. The summed E-state index contributed by atoms with van der Waals surface area (Å²) >= 11 is 0. The van der Waals surface area contributed by atoms with E-state index in [1.807, 2.05) is 0 Å². The van der Waals surface area contributed by atoms with Crippen molar-refractivity contribution in [2.45, 2.75) is 31.5 Å². The summed E-state index contributed by atoms with van der Waals surface area (Å²) in [4.78, 5) is 0. The maximum absolute atomic E-state index is 13.8. The third kappa shape index (κ3) is 0.783. The molecular formula is C8H14FNO. The van der Waals surface area contributed by atoms with E-state index in [-0.39, 0.29) is 12.0 Å². The number of hydrogen-bond acceptors (Lipinski definition) is 2. The predicted molar refractivity (Wildman–Crippen MR) is 39.7 cm³/mol. The molecular weight excluding hydrogens is 145 g/mol. The van der Waals surface area contributed by atoms with Gasteiger partial charge in [0.25, 0.3) is 0 Å². The molecule has 0 bridgehead atoms. The second kappa shape index (κ2) is 2.17. The summed E-state index contributed by atoms with van der Waals surface area (Å²) < 4.78 is 18.9. The molecule has 2 rings (SSSR count). The number of alkyl halides is 1. The van der Waals surface area contributed by atoms with Crippen molar-refractivity contribution < 1.29 is 9.13 Å². The number of hydrogen-bond donors (Lipinski definition) is 1. The number of ether oxygens (including phenoxy) is 1. The van der Waals surface area contributed by atoms with Crippen LogP contribution in [0.4, 0.5) is 4.39 Å². The molecule has 1 saturated carbocycles. The van der Waals surface area contributed by atoms with E-state index in [0.717, 1.165) is 25.7 Å². The van der Waals surface area contributed by atoms with Gasteiger partial charge in [0.05, 0.1) is 13.2 Å². The maximum atomic E-state index is 13.8. The van der Waals surface area contributed by atoms with E-state index in [1.165, 1.54) is 0 Å². The van der Waals surface area contributed by atoms with Crippen molar-refractivity contribution in [2.75, 3.05) is 13.2 Å². The monoisotopic (exact) mass is 159 g/mol. The summed E-state index contributed by atoms with van der Waals surface area (Å²) in [6.45, 7) is 0.570. The molecule has 2 nitrogen and oxygen atoms in total. The van der Waals surface area contributed by atoms with Crippen LogP contribution in [-0.4, -0.2) is 19.0 Å². The fourth-order valence-electron chi connectivity index (χ4n) is 2.25. The average Bonchev–Trinajstić information content (AvgIpc) is 2.27. The Morgan fingerprint density at radius 1 is 1.36 bits per heavy atom. The Hall–Kier alpha value is -0.150. The first-order valence-electron chi connectivity index (χ1n) is 4.25. The molecule has 2 N–H and O–H groups in total. The Bertz CT molecular complexity index is 160. The SMILES string of the molecule is NCC1(F)OCCC12CCC2. The molecule has 1 aliphatic carbocycles. The Labute approximate surface area is 65.9 Å². The van der Waals surface area contributed by atoms with Gasteiger partial charge in [0.2, 0.25) is 5.85 Å². The molecule has 1 spiro atoms. The fourth-order valence-corrected chi connectivity index (χ4v) is 2.25. The third-order valence-electron chi connectivity index (χ3n) is 3.28. The molecule has 0 aromatic rings. The summed E-state index contributed by atoms with van der Waals surface area (Å²) in [7, 11) is 0. The van der Waals surface area contributed by atoms with Crippen molar-refractivity contribution in [2.24, 2.45) is 11.1 Å². The van der Waals surface area contributed by atoms with E-state index in [9.17, 15) is 4.39 Å². The molecule has 3 heteroatoms. The molecule has 1 unspecified atom stereocenters. The van der Waals surface area contributed by atoms with Crippen LogP contribution >= 0.6 is 0 Å². The molecule has 2 aliphatic rings. The highest BCUT2D eigenvalue weighted by Gasteiger charge is 2.59. The molecule has 0 amide bonds. The summed E-state index contributed by atoms with van der Waals surface area (Å²) in [5, 5.41) is 0. The number of rotatable bonds is 1. The lowest BCUT2D eigenvalue weighted by Crippen LogP contribution is -2.50. The Balaban J connectivity index is 2.19. The molecule has 64 valence electrons. The van der Waals surface area contributed by atoms with E-state index < -0.39 is 5.85 Å². The molecule has 2 fully saturated rings. The Morgan fingerprint density at radius 2 is 2.09 bits per heavy atom. The van der Waals surface area contributed by atoms with Crippen LogP contribution < -0.4 is 5.73 Å². The molecule has 11 heavy (non-hydrogen) atoms. The third-order valence-corrected chi connectivity index (χ3v) is 3.28. The highest BCUT2D eigenvalue weighted by atomic mass is 19.2. The van der Waals surface area contributed by atoms with Crippen molar-refractivity contribution in [1.82, 2.24) is 0 Å². The molecule has 1 saturated heterocycles. The highest BCUT2D eigenvalue weighted by Crippen LogP contribution is 2.57. The van der Waals surface area contributed by atoms with Crippen molar-refractivity contribution in [3.63, 3.8) is 0 Å². The molecule has 1 atom stereocenters. The molecule has 1 heterocycles. The van der Waals surface area contributed by atoms with Gasteiger partial charge in [0.15, 0.2) is 0 Å². The van der Waals surface area contributed by atoms with Crippen molar-refractivity contribution in [1.29, 1.82) is 0 Å². The second-order valence-electron chi connectivity index (χ2n) is 3.66. The first kappa shape index (κ1) is 7.50. The van der Waals surface area contributed by atoms with E-state index >= 15 is 0 Å². The highest BCUT2D eigenvalue weighted by molar-refractivity contribution is 5.03. The zero-order valence-electron chi connectivity index (χ0n) is 6.61. The number of halogens is 1. The van der Waals surface area contributed by atoms with Crippen molar-refractivity contribution in [3.8, 4) is 0 Å². The van der Waals surface area contributed by atoms with Gasteiger partial charge in [-0.1, -0.05) is 6.42 Å². The van der Waals surface area contributed by atoms with Crippen LogP contribution in [0.25, 0.3) is 0 Å². The van der Waals surface area contributed by atoms with Crippen molar-refractivity contribution in [3.05, 3.63) is 0 Å². The summed E-state index contributed by atoms with van der Waals surface area (Å²) in [6.07, 6.45) is 3.91. The number of nitrogens with two attached hydrogens (primary N) is 1. The smallest absolute Gasteiger partial charge is 0.227 e. The van der Waals surface area contributed by atoms with E-state index in [0.29, 0.717) is 6.61 Å². The molecule has 0 aromatic heterocycles. The maximum Gasteiger partial charge on any atom is 0.227 e. The van der Waals surface area contributed by atoms with Gasteiger partial charge in [-0.15, -0.1) is 0 Å². The zero-order valence-corrected chi connectivity index (χ0v) is 6.61. The van der Waals surface area contributed by atoms with Gasteiger partial charge < -0.3 is 10.5 Å². The lowest BCUT2D eigenvalue weighted by molar-refractivity contribution is -0.184. The molecule has 0 radical (unpaired) electrons. The minimum Gasteiger partial charge on any atom is -0.344 e. The van der Waals surface area contributed by atoms with Crippen LogP contribution in [0.5, 0.6) is 0 Å². The Kier molecular flexibility index (Phi) is 1.48. The Morgan fingerprint density at radius 3 is 2.45 bits per heavy atom. The predicted octanol–water partition coefficient (Wildman–Crippen LogP) is 1.20. The van der Waals surface area contributed by atoms with Crippen LogP contribution in [0.1, 0.15) is 25.7 Å². The largest absolute Gasteiger partial charge is 0.344 e. The first-order chi connectivity index (χ1) is 5.22. The minimum atomic E-state index is -1.49. The quantitative estimate of drug-likeness (QED) is 0.624. The zero-order chi connectivity index (χ0) is 7.95. The van der Waals surface area contributed by atoms with Crippen LogP contribution in [-0.2, 0) is 4.74 Å². The lowest BCUT2D eigenvalue weighted by atomic mass is 9.63. The van der Waals surface area contributed by atoms with Gasteiger partial charge in [-0.2, -0.15) is 0 Å². The molecule has 0 aromatic carbocycles. The van der Waals surface area contributed by atoms with Gasteiger partial charge in [-0.3, -0.25) is 0 Å². The summed E-state index contributed by atoms with van der Waals surface area (Å²) in [6, 6.07) is 0. The van der Waals surface area contributed by atoms with Crippen LogP contribution in [0.3, 0.4) is 0 Å². The van der Waals surface area contributed by atoms with Crippen LogP contribution in [0.15, 0.2) is 0 Å². The normalized spacial score (nSPS) is 40.9. The second-order valence-corrected chi connectivity index (χ2v) is 3.66. The standard InChI is InChI=1S/C8H14FNO/c9-8(6-10)7(2-1-3-7)4-5-11-8/h1-6,10H2. The topological polar surface area (TPSA) is 35.2 Å². The van der Waals surface area contributed by atoms with Gasteiger partial charge >= 0.3 is 0 Å². The van der Waals surface area contributed by atoms with Crippen molar-refractivity contribution >= 4 is 0 Å². The van der Waals surface area contributed by atoms with Gasteiger partial charge in [0, 0.05) is 5.41 Å².